The van der Waals surface area contributed by atoms with Crippen LogP contribution < -0.4 is 0 Å². The molecule has 0 aromatic heterocycles. The molecule has 0 saturated carbocycles. The highest BCUT2D eigenvalue weighted by atomic mass is 16.7. The van der Waals surface area contributed by atoms with E-state index in [0.29, 0.717) is 0 Å². The lowest BCUT2D eigenvalue weighted by molar-refractivity contribution is 0.0889. The van der Waals surface area contributed by atoms with Gasteiger partial charge >= 0.3 is 12.3 Å². The zero-order valence-corrected chi connectivity index (χ0v) is 18.2. The molecule has 0 amide bonds. The first-order valence-electron chi connectivity index (χ1n) is 10.3. The zero-order valence-electron chi connectivity index (χ0n) is 18.2. The minimum Gasteiger partial charge on any atom is -0.434 e. The van der Waals surface area contributed by atoms with Crippen LogP contribution in [0.2, 0.25) is 0 Å². The Morgan fingerprint density at radius 2 is 1.18 bits per heavy atom. The van der Waals surface area contributed by atoms with Gasteiger partial charge in [0.15, 0.2) is 23.1 Å². The Morgan fingerprint density at radius 1 is 0.697 bits per heavy atom. The molecule has 0 fully saturated rings. The second-order valence-corrected chi connectivity index (χ2v) is 7.23. The van der Waals surface area contributed by atoms with Gasteiger partial charge in [-0.1, -0.05) is 42.0 Å². The lowest BCUT2D eigenvalue weighted by Crippen LogP contribution is -2.29. The molecular formula is C25H20O8. The summed E-state index contributed by atoms with van der Waals surface area (Å²) in [5, 5.41) is 0. The van der Waals surface area contributed by atoms with Gasteiger partial charge in [-0.25, -0.2) is 9.59 Å². The summed E-state index contributed by atoms with van der Waals surface area (Å²) in [4.78, 5) is 51.6. The van der Waals surface area contributed by atoms with Crippen molar-refractivity contribution < 1.29 is 38.1 Å². The molecule has 168 valence electrons. The normalized spacial score (nSPS) is 14.3. The molecule has 0 N–H and O–H groups in total. The average molecular weight is 448 g/mol. The van der Waals surface area contributed by atoms with Crippen LogP contribution >= 0.6 is 0 Å². The molecule has 8 nitrogen and oxygen atoms in total. The molecule has 33 heavy (non-hydrogen) atoms. The maximum atomic E-state index is 13.6. The Morgan fingerprint density at radius 3 is 1.73 bits per heavy atom. The summed E-state index contributed by atoms with van der Waals surface area (Å²) in [5.41, 5.74) is 1.33. The molecule has 0 spiro atoms. The molecule has 0 radical (unpaired) electrons. The third-order valence-electron chi connectivity index (χ3n) is 5.13. The number of aryl methyl sites for hydroxylation is 1. The second kappa shape index (κ2) is 8.74. The van der Waals surface area contributed by atoms with Crippen molar-refractivity contribution in [2.24, 2.45) is 0 Å². The Kier molecular flexibility index (Phi) is 5.83. The molecule has 0 saturated heterocycles. The number of ketones is 2. The third-order valence-corrected chi connectivity index (χ3v) is 5.13. The second-order valence-electron chi connectivity index (χ2n) is 7.23. The fraction of sp³-hybridized carbons (Fsp3) is 0.200. The van der Waals surface area contributed by atoms with Gasteiger partial charge in [0.05, 0.1) is 24.4 Å². The summed E-state index contributed by atoms with van der Waals surface area (Å²) in [6.07, 6.45) is -2.06. The standard InChI is InChI=1S/C25H20O8/c1-4-30-24(28)32-22-16-9-7-6-8-14(16)20(26)19-18(22)21(27)15-11-10-13(3)12-17(15)23(19)33-25(29)31-5-2/h6-12H,4-5H2,1-3H3. The third kappa shape index (κ3) is 3.80. The Hall–Kier alpha value is -4.20. The highest BCUT2D eigenvalue weighted by Crippen LogP contribution is 2.45. The van der Waals surface area contributed by atoms with Crippen molar-refractivity contribution in [3.8, 4) is 0 Å². The minimum absolute atomic E-state index is 0.0533. The van der Waals surface area contributed by atoms with Crippen molar-refractivity contribution in [3.05, 3.63) is 81.4 Å². The molecule has 2 aliphatic rings. The molecule has 2 aromatic rings. The van der Waals surface area contributed by atoms with Crippen LogP contribution in [-0.2, 0) is 18.9 Å². The van der Waals surface area contributed by atoms with Gasteiger partial charge in [-0.15, -0.1) is 0 Å². The Bertz CT molecular complexity index is 1260. The van der Waals surface area contributed by atoms with E-state index < -0.39 is 23.9 Å². The highest BCUT2D eigenvalue weighted by molar-refractivity contribution is 6.34. The van der Waals surface area contributed by atoms with Crippen LogP contribution in [0.5, 0.6) is 0 Å². The first-order valence-corrected chi connectivity index (χ1v) is 10.3. The average Bonchev–Trinajstić information content (AvgIpc) is 2.79. The first-order chi connectivity index (χ1) is 15.9. The smallest absolute Gasteiger partial charge is 0.434 e. The van der Waals surface area contributed by atoms with Crippen molar-refractivity contribution in [2.45, 2.75) is 20.8 Å². The van der Waals surface area contributed by atoms with Crippen molar-refractivity contribution in [2.75, 3.05) is 13.2 Å². The van der Waals surface area contributed by atoms with Gasteiger partial charge in [-0.2, -0.15) is 0 Å². The lowest BCUT2D eigenvalue weighted by atomic mass is 9.76. The number of fused-ring (bicyclic) bond motifs is 3. The number of Topliss-reactive ketones (excluding diaryl/α,β-unsaturated/α-hetero) is 2. The molecule has 0 bridgehead atoms. The van der Waals surface area contributed by atoms with Crippen LogP contribution in [0, 0.1) is 6.92 Å². The Labute approximate surface area is 189 Å². The summed E-state index contributed by atoms with van der Waals surface area (Å²) in [5.74, 6) is -1.36. The van der Waals surface area contributed by atoms with Crippen molar-refractivity contribution in [1.82, 2.24) is 0 Å². The molecule has 8 heteroatoms. The summed E-state index contributed by atoms with van der Waals surface area (Å²) >= 11 is 0. The van der Waals surface area contributed by atoms with Gasteiger partial charge in [0.25, 0.3) is 0 Å². The quantitative estimate of drug-likeness (QED) is 0.611. The van der Waals surface area contributed by atoms with E-state index in [1.807, 2.05) is 0 Å². The van der Waals surface area contributed by atoms with E-state index in [4.69, 9.17) is 18.9 Å². The van der Waals surface area contributed by atoms with E-state index in [-0.39, 0.29) is 58.1 Å². The van der Waals surface area contributed by atoms with E-state index in [0.717, 1.165) is 5.56 Å². The van der Waals surface area contributed by atoms with Crippen LogP contribution in [0.3, 0.4) is 0 Å². The van der Waals surface area contributed by atoms with E-state index in [2.05, 4.69) is 0 Å². The minimum atomic E-state index is -1.03. The fourth-order valence-electron chi connectivity index (χ4n) is 3.80. The van der Waals surface area contributed by atoms with Crippen LogP contribution in [0.1, 0.15) is 51.3 Å². The van der Waals surface area contributed by atoms with Gasteiger partial charge in [-0.3, -0.25) is 9.59 Å². The number of ether oxygens (including phenoxy) is 4. The number of hydrogen-bond donors (Lipinski definition) is 0. The van der Waals surface area contributed by atoms with E-state index in [1.165, 1.54) is 6.07 Å². The Balaban J connectivity index is 2.05. The van der Waals surface area contributed by atoms with E-state index in [1.54, 1.807) is 57.2 Å². The van der Waals surface area contributed by atoms with Gasteiger partial charge in [0, 0.05) is 22.3 Å². The summed E-state index contributed by atoms with van der Waals surface area (Å²) in [6, 6.07) is 11.3. The summed E-state index contributed by atoms with van der Waals surface area (Å²) in [7, 11) is 0. The zero-order chi connectivity index (χ0) is 23.7. The predicted molar refractivity (Wildman–Crippen MR) is 116 cm³/mol. The van der Waals surface area contributed by atoms with Crippen molar-refractivity contribution in [1.29, 1.82) is 0 Å². The summed E-state index contributed by atoms with van der Waals surface area (Å²) in [6.45, 7) is 5.13. The van der Waals surface area contributed by atoms with Gasteiger partial charge in [-0.05, 0) is 26.8 Å². The number of rotatable bonds is 4. The van der Waals surface area contributed by atoms with Crippen molar-refractivity contribution in [3.63, 3.8) is 0 Å². The van der Waals surface area contributed by atoms with Crippen LogP contribution in [0.15, 0.2) is 53.6 Å². The number of carbonyl (C=O) groups is 4. The summed E-state index contributed by atoms with van der Waals surface area (Å²) < 4.78 is 20.7. The molecular weight excluding hydrogens is 428 g/mol. The van der Waals surface area contributed by atoms with Crippen LogP contribution in [-0.4, -0.2) is 37.1 Å². The van der Waals surface area contributed by atoms with E-state index >= 15 is 0 Å². The lowest BCUT2D eigenvalue weighted by Gasteiger charge is -2.29. The SMILES string of the molecule is CCOC(=O)OC1=C2C(=O)c3ccc(C)cc3C(OC(=O)OCC)=C2C(=O)c2ccccc21. The van der Waals surface area contributed by atoms with Gasteiger partial charge in [0.1, 0.15) is 0 Å². The maximum Gasteiger partial charge on any atom is 0.513 e. The number of allylic oxidation sites excluding steroid dienone is 2. The maximum absolute atomic E-state index is 13.6. The molecule has 4 rings (SSSR count). The fourth-order valence-corrected chi connectivity index (χ4v) is 3.80. The molecule has 0 atom stereocenters. The molecule has 2 aromatic carbocycles. The monoisotopic (exact) mass is 448 g/mol. The van der Waals surface area contributed by atoms with Crippen LogP contribution in [0.4, 0.5) is 9.59 Å². The molecule has 0 aliphatic heterocycles. The molecule has 2 aliphatic carbocycles. The topological polar surface area (TPSA) is 105 Å². The van der Waals surface area contributed by atoms with Crippen molar-refractivity contribution >= 4 is 35.4 Å². The first kappa shape index (κ1) is 22.0. The number of carbonyl (C=O) groups excluding carboxylic acids is 4. The highest BCUT2D eigenvalue weighted by Gasteiger charge is 2.43. The predicted octanol–water partition coefficient (Wildman–Crippen LogP) is 4.86. The number of benzene rings is 2. The van der Waals surface area contributed by atoms with Crippen LogP contribution in [0.25, 0.3) is 11.5 Å². The number of hydrogen-bond acceptors (Lipinski definition) is 8. The molecule has 0 unspecified atom stereocenters. The van der Waals surface area contributed by atoms with E-state index in [9.17, 15) is 19.2 Å². The molecule has 0 heterocycles. The van der Waals surface area contributed by atoms with Gasteiger partial charge < -0.3 is 18.9 Å². The van der Waals surface area contributed by atoms with Gasteiger partial charge in [0.2, 0.25) is 0 Å². The largest absolute Gasteiger partial charge is 0.513 e.